The largest absolute Gasteiger partial charge is 0.468 e. The number of hydrogen-bond acceptors (Lipinski definition) is 5. The van der Waals surface area contributed by atoms with Crippen molar-refractivity contribution >= 4 is 30.5 Å². The summed E-state index contributed by atoms with van der Waals surface area (Å²) in [6.07, 6.45) is 2.50. The van der Waals surface area contributed by atoms with Crippen LogP contribution in [0.25, 0.3) is 11.3 Å². The van der Waals surface area contributed by atoms with Crippen molar-refractivity contribution in [3.05, 3.63) is 36.5 Å². The van der Waals surface area contributed by atoms with E-state index in [2.05, 4.69) is 14.9 Å². The average molecular weight is 327 g/mol. The Morgan fingerprint density at radius 1 is 1.32 bits per heavy atom. The second kappa shape index (κ2) is 11.2. The van der Waals surface area contributed by atoms with Crippen LogP contribution in [0.15, 0.2) is 46.0 Å². The van der Waals surface area contributed by atoms with E-state index in [0.29, 0.717) is 24.5 Å². The van der Waals surface area contributed by atoms with Gasteiger partial charge in [-0.2, -0.15) is 0 Å². The van der Waals surface area contributed by atoms with Gasteiger partial charge in [-0.3, -0.25) is 4.79 Å². The van der Waals surface area contributed by atoms with Gasteiger partial charge in [0.25, 0.3) is 6.47 Å². The molecule has 0 unspecified atom stereocenters. The van der Waals surface area contributed by atoms with Crippen molar-refractivity contribution in [2.45, 2.75) is 13.3 Å². The van der Waals surface area contributed by atoms with E-state index in [4.69, 9.17) is 16.0 Å². The van der Waals surface area contributed by atoms with Crippen LogP contribution in [-0.4, -0.2) is 24.2 Å². The van der Waals surface area contributed by atoms with E-state index in [1.54, 1.807) is 24.4 Å². The molecule has 0 bridgehead atoms. The van der Waals surface area contributed by atoms with Gasteiger partial charge >= 0.3 is 0 Å². The molecule has 1 heterocycles. The van der Waals surface area contributed by atoms with Gasteiger partial charge in [0.2, 0.25) is 0 Å². The molecule has 0 saturated heterocycles. The first-order valence-electron chi connectivity index (χ1n) is 6.33. The molecular formula is C14H19ClN4O3. The van der Waals surface area contributed by atoms with E-state index >= 15 is 0 Å². The summed E-state index contributed by atoms with van der Waals surface area (Å²) in [6, 6.07) is 9.12. The van der Waals surface area contributed by atoms with Crippen molar-refractivity contribution in [1.29, 1.82) is 0 Å². The van der Waals surface area contributed by atoms with Gasteiger partial charge in [0, 0.05) is 11.6 Å². The first-order chi connectivity index (χ1) is 10.2. The Morgan fingerprint density at radius 3 is 2.41 bits per heavy atom. The lowest BCUT2D eigenvalue weighted by molar-refractivity contribution is -0.128. The molecule has 0 aliphatic carbocycles. The van der Waals surface area contributed by atoms with Crippen LogP contribution in [0.3, 0.4) is 0 Å². The molecule has 2 aromatic rings. The molecule has 8 heteroatoms. The SMILES string of the molecule is CCCOC=O.Cl.NC(N)=Nc1ccc(-c2ccno2)cc1. The quantitative estimate of drug-likeness (QED) is 0.376. The number of hydrogen-bond donors (Lipinski definition) is 2. The van der Waals surface area contributed by atoms with E-state index in [1.165, 1.54) is 0 Å². The third kappa shape index (κ3) is 7.30. The molecule has 2 rings (SSSR count). The lowest BCUT2D eigenvalue weighted by atomic mass is 10.1. The van der Waals surface area contributed by atoms with Crippen molar-refractivity contribution in [2.75, 3.05) is 6.61 Å². The highest BCUT2D eigenvalue weighted by atomic mass is 35.5. The van der Waals surface area contributed by atoms with E-state index in [-0.39, 0.29) is 18.4 Å². The number of guanidine groups is 1. The Balaban J connectivity index is 0.000000546. The number of ether oxygens (including phenoxy) is 1. The number of nitrogens with two attached hydrogens (primary N) is 2. The Labute approximate surface area is 134 Å². The number of halogens is 1. The highest BCUT2D eigenvalue weighted by Crippen LogP contribution is 2.21. The Hall–Kier alpha value is -2.54. The molecule has 1 aromatic carbocycles. The summed E-state index contributed by atoms with van der Waals surface area (Å²) in [4.78, 5) is 13.2. The van der Waals surface area contributed by atoms with Crippen LogP contribution >= 0.6 is 12.4 Å². The first kappa shape index (κ1) is 19.5. The molecular weight excluding hydrogens is 308 g/mol. The maximum Gasteiger partial charge on any atom is 0.293 e. The third-order valence-corrected chi connectivity index (χ3v) is 2.24. The van der Waals surface area contributed by atoms with Crippen molar-refractivity contribution in [1.82, 2.24) is 5.16 Å². The Kier molecular flexibility index (Phi) is 9.87. The second-order valence-electron chi connectivity index (χ2n) is 3.93. The lowest BCUT2D eigenvalue weighted by Crippen LogP contribution is -2.21. The summed E-state index contributed by atoms with van der Waals surface area (Å²) < 4.78 is 9.31. The zero-order valence-corrected chi connectivity index (χ0v) is 13.0. The number of carbonyl (C=O) groups excluding carboxylic acids is 1. The minimum atomic E-state index is 0. The van der Waals surface area contributed by atoms with Crippen LogP contribution in [0.5, 0.6) is 0 Å². The number of carbonyl (C=O) groups is 1. The Morgan fingerprint density at radius 2 is 2.00 bits per heavy atom. The summed E-state index contributed by atoms with van der Waals surface area (Å²) in [7, 11) is 0. The molecule has 0 aliphatic heterocycles. The number of aliphatic imine (C=N–C) groups is 1. The highest BCUT2D eigenvalue weighted by Gasteiger charge is 2.00. The van der Waals surface area contributed by atoms with Crippen LogP contribution in [0.1, 0.15) is 13.3 Å². The molecule has 0 spiro atoms. The topological polar surface area (TPSA) is 117 Å². The van der Waals surface area contributed by atoms with Crippen LogP contribution < -0.4 is 11.5 Å². The van der Waals surface area contributed by atoms with Gasteiger partial charge in [0.05, 0.1) is 18.5 Å². The van der Waals surface area contributed by atoms with Crippen molar-refractivity contribution in [3.8, 4) is 11.3 Å². The van der Waals surface area contributed by atoms with Gasteiger partial charge in [-0.25, -0.2) is 4.99 Å². The molecule has 0 radical (unpaired) electrons. The third-order valence-electron chi connectivity index (χ3n) is 2.24. The predicted octanol–water partition coefficient (Wildman–Crippen LogP) is 2.24. The van der Waals surface area contributed by atoms with Crippen molar-refractivity contribution < 1.29 is 14.1 Å². The smallest absolute Gasteiger partial charge is 0.293 e. The van der Waals surface area contributed by atoms with Gasteiger partial charge in [-0.15, -0.1) is 12.4 Å². The maximum absolute atomic E-state index is 9.34. The molecule has 4 N–H and O–H groups in total. The molecule has 7 nitrogen and oxygen atoms in total. The second-order valence-corrected chi connectivity index (χ2v) is 3.93. The normalized spacial score (nSPS) is 8.77. The summed E-state index contributed by atoms with van der Waals surface area (Å²) in [5, 5.41) is 3.63. The Bertz CT molecular complexity index is 552. The number of nitrogens with zero attached hydrogens (tertiary/aromatic N) is 2. The molecule has 0 saturated carbocycles. The van der Waals surface area contributed by atoms with Crippen LogP contribution in [0, 0.1) is 0 Å². The standard InChI is InChI=1S/C10H10N4O.C4H8O2.ClH/c11-10(12)14-8-3-1-7(2-4-8)9-5-6-13-15-9;1-2-3-6-4-5;/h1-6H,(H4,11,12,14);4H,2-3H2,1H3;1H. The van der Waals surface area contributed by atoms with E-state index in [1.807, 2.05) is 19.1 Å². The predicted molar refractivity (Wildman–Crippen MR) is 87.0 cm³/mol. The molecule has 1 aromatic heterocycles. The molecule has 0 atom stereocenters. The molecule has 120 valence electrons. The minimum Gasteiger partial charge on any atom is -0.468 e. The molecule has 0 fully saturated rings. The highest BCUT2D eigenvalue weighted by molar-refractivity contribution is 5.85. The van der Waals surface area contributed by atoms with Crippen molar-refractivity contribution in [3.63, 3.8) is 0 Å². The van der Waals surface area contributed by atoms with Crippen LogP contribution in [0.2, 0.25) is 0 Å². The molecule has 0 amide bonds. The minimum absolute atomic E-state index is 0. The fourth-order valence-corrected chi connectivity index (χ4v) is 1.38. The van der Waals surface area contributed by atoms with Gasteiger partial charge in [-0.05, 0) is 30.7 Å². The average Bonchev–Trinajstić information content (AvgIpc) is 3.00. The fourth-order valence-electron chi connectivity index (χ4n) is 1.38. The van der Waals surface area contributed by atoms with Crippen LogP contribution in [-0.2, 0) is 9.53 Å². The first-order valence-corrected chi connectivity index (χ1v) is 6.33. The summed E-state index contributed by atoms with van der Waals surface area (Å²) in [6.45, 7) is 2.95. The van der Waals surface area contributed by atoms with E-state index < -0.39 is 0 Å². The van der Waals surface area contributed by atoms with Gasteiger partial charge in [0.15, 0.2) is 11.7 Å². The maximum atomic E-state index is 9.34. The number of aromatic nitrogens is 1. The summed E-state index contributed by atoms with van der Waals surface area (Å²) >= 11 is 0. The number of rotatable bonds is 5. The zero-order valence-electron chi connectivity index (χ0n) is 12.1. The molecule has 22 heavy (non-hydrogen) atoms. The summed E-state index contributed by atoms with van der Waals surface area (Å²) in [5.74, 6) is 0.758. The number of benzene rings is 1. The van der Waals surface area contributed by atoms with E-state index in [9.17, 15) is 4.79 Å². The van der Waals surface area contributed by atoms with Gasteiger partial charge in [-0.1, -0.05) is 12.1 Å². The monoisotopic (exact) mass is 326 g/mol. The fraction of sp³-hybridized carbons (Fsp3) is 0.214. The lowest BCUT2D eigenvalue weighted by Gasteiger charge is -1.97. The van der Waals surface area contributed by atoms with E-state index in [0.717, 1.165) is 12.0 Å². The molecule has 0 aliphatic rings. The van der Waals surface area contributed by atoms with Crippen LogP contribution in [0.4, 0.5) is 5.69 Å². The zero-order chi connectivity index (χ0) is 15.5. The van der Waals surface area contributed by atoms with Crippen molar-refractivity contribution in [2.24, 2.45) is 16.5 Å². The van der Waals surface area contributed by atoms with Gasteiger partial charge in [0.1, 0.15) is 0 Å². The summed E-state index contributed by atoms with van der Waals surface area (Å²) in [5.41, 5.74) is 12.2. The van der Waals surface area contributed by atoms with Gasteiger partial charge < -0.3 is 20.7 Å².